The van der Waals surface area contributed by atoms with Crippen molar-refractivity contribution in [1.82, 2.24) is 5.16 Å². The molecule has 0 N–H and O–H groups in total. The summed E-state index contributed by atoms with van der Waals surface area (Å²) in [7, 11) is 0. The van der Waals surface area contributed by atoms with Crippen molar-refractivity contribution >= 4 is 21.7 Å². The van der Waals surface area contributed by atoms with Gasteiger partial charge < -0.3 is 4.52 Å². The van der Waals surface area contributed by atoms with Gasteiger partial charge in [-0.1, -0.05) is 12.1 Å². The molecule has 1 aromatic heterocycles. The molecule has 12 heavy (non-hydrogen) atoms. The molecule has 0 bridgehead atoms. The van der Waals surface area contributed by atoms with Gasteiger partial charge in [-0.25, -0.2) is 0 Å². The zero-order chi connectivity index (χ0) is 8.72. The van der Waals surface area contributed by atoms with Crippen LogP contribution in [-0.2, 0) is 6.42 Å². The summed E-state index contributed by atoms with van der Waals surface area (Å²) in [4.78, 5) is 11.6. The van der Waals surface area contributed by atoms with Gasteiger partial charge in [0, 0.05) is 12.3 Å². The van der Waals surface area contributed by atoms with Gasteiger partial charge in [0.25, 0.3) is 0 Å². The molecule has 0 saturated carbocycles. The summed E-state index contributed by atoms with van der Waals surface area (Å²) in [5.74, 6) is 0.975. The van der Waals surface area contributed by atoms with Crippen molar-refractivity contribution in [3.63, 3.8) is 0 Å². The Bertz CT molecular complexity index is 332. The van der Waals surface area contributed by atoms with Crippen molar-refractivity contribution in [3.05, 3.63) is 15.9 Å². The first-order chi connectivity index (χ1) is 5.70. The molecular formula is C8H8BrNO2. The van der Waals surface area contributed by atoms with E-state index >= 15 is 0 Å². The number of rotatable bonds is 0. The average molecular weight is 230 g/mol. The third-order valence-corrected chi connectivity index (χ3v) is 2.76. The normalized spacial score (nSPS) is 22.5. The second-order valence-electron chi connectivity index (χ2n) is 3.08. The fraction of sp³-hybridized carbons (Fsp3) is 0.500. The summed E-state index contributed by atoms with van der Waals surface area (Å²) < 4.78 is 5.54. The molecule has 0 aliphatic heterocycles. The number of aromatic nitrogens is 1. The maximum absolute atomic E-state index is 11.6. The van der Waals surface area contributed by atoms with Gasteiger partial charge in [-0.15, -0.1) is 0 Å². The lowest BCUT2D eigenvalue weighted by Gasteiger charge is -2.14. The monoisotopic (exact) mass is 229 g/mol. The first-order valence-corrected chi connectivity index (χ1v) is 4.67. The van der Waals surface area contributed by atoms with Crippen LogP contribution in [0.3, 0.4) is 0 Å². The van der Waals surface area contributed by atoms with Crippen LogP contribution in [0.1, 0.15) is 29.5 Å². The molecule has 0 fully saturated rings. The van der Waals surface area contributed by atoms with Crippen LogP contribution in [0, 0.1) is 5.92 Å². The van der Waals surface area contributed by atoms with Crippen molar-refractivity contribution in [2.75, 3.05) is 0 Å². The number of halogens is 1. The molecule has 1 heterocycles. The second-order valence-corrected chi connectivity index (χ2v) is 3.83. The number of ketones is 1. The van der Waals surface area contributed by atoms with Gasteiger partial charge in [-0.3, -0.25) is 4.79 Å². The Kier molecular flexibility index (Phi) is 1.79. The molecule has 1 aliphatic carbocycles. The number of hydrogen-bond acceptors (Lipinski definition) is 3. The number of nitrogens with zero attached hydrogens (tertiary/aromatic N) is 1. The highest BCUT2D eigenvalue weighted by Gasteiger charge is 2.30. The van der Waals surface area contributed by atoms with E-state index in [-0.39, 0.29) is 11.7 Å². The summed E-state index contributed by atoms with van der Waals surface area (Å²) in [5.41, 5.74) is 0.647. The molecule has 2 rings (SSSR count). The van der Waals surface area contributed by atoms with Gasteiger partial charge in [0.2, 0.25) is 0 Å². The highest BCUT2D eigenvalue weighted by molar-refractivity contribution is 9.10. The Morgan fingerprint density at radius 2 is 2.42 bits per heavy atom. The van der Waals surface area contributed by atoms with Gasteiger partial charge in [-0.2, -0.15) is 0 Å². The summed E-state index contributed by atoms with van der Waals surface area (Å²) in [6, 6.07) is 0. The van der Waals surface area contributed by atoms with E-state index in [0.29, 0.717) is 10.2 Å². The van der Waals surface area contributed by atoms with Crippen molar-refractivity contribution in [2.45, 2.75) is 19.8 Å². The first kappa shape index (κ1) is 7.98. The Hall–Kier alpha value is -0.640. The largest absolute Gasteiger partial charge is 0.359 e. The number of aryl methyl sites for hydroxylation is 1. The Labute approximate surface area is 78.2 Å². The second kappa shape index (κ2) is 2.69. The molecular weight excluding hydrogens is 222 g/mol. The van der Waals surface area contributed by atoms with Crippen molar-refractivity contribution in [2.24, 2.45) is 5.92 Å². The van der Waals surface area contributed by atoms with Gasteiger partial charge in [0.1, 0.15) is 5.76 Å². The van der Waals surface area contributed by atoms with E-state index in [9.17, 15) is 4.79 Å². The van der Waals surface area contributed by atoms with E-state index in [1.807, 2.05) is 6.92 Å². The number of carbonyl (C=O) groups excluding carboxylic acids is 1. The minimum absolute atomic E-state index is 0.105. The Morgan fingerprint density at radius 1 is 1.67 bits per heavy atom. The lowest BCUT2D eigenvalue weighted by molar-refractivity contribution is 0.0908. The zero-order valence-electron chi connectivity index (χ0n) is 6.63. The van der Waals surface area contributed by atoms with Gasteiger partial charge in [0.05, 0.1) is 5.56 Å². The van der Waals surface area contributed by atoms with E-state index in [0.717, 1.165) is 18.6 Å². The molecule has 4 heteroatoms. The molecule has 0 spiro atoms. The van der Waals surface area contributed by atoms with E-state index < -0.39 is 0 Å². The molecule has 3 nitrogen and oxygen atoms in total. The minimum Gasteiger partial charge on any atom is -0.359 e. The standard InChI is InChI=1S/C8H8BrNO2/c1-4-2-3-5-6(7(4)11)8(9)10-12-5/h4H,2-3H2,1H3. The van der Waals surface area contributed by atoms with Crippen molar-refractivity contribution in [3.8, 4) is 0 Å². The maximum atomic E-state index is 11.6. The number of Topliss-reactive ketones (excluding diaryl/α,β-unsaturated/α-hetero) is 1. The number of hydrogen-bond donors (Lipinski definition) is 0. The first-order valence-electron chi connectivity index (χ1n) is 3.88. The number of fused-ring (bicyclic) bond motifs is 1. The quantitative estimate of drug-likeness (QED) is 0.686. The smallest absolute Gasteiger partial charge is 0.172 e. The molecule has 1 unspecified atom stereocenters. The van der Waals surface area contributed by atoms with Crippen LogP contribution in [0.25, 0.3) is 0 Å². The molecule has 0 saturated heterocycles. The lowest BCUT2D eigenvalue weighted by Crippen LogP contribution is -2.18. The topological polar surface area (TPSA) is 43.1 Å². The Balaban J connectivity index is 2.53. The fourth-order valence-corrected chi connectivity index (χ4v) is 1.93. The minimum atomic E-state index is 0.105. The van der Waals surface area contributed by atoms with Gasteiger partial charge in [-0.05, 0) is 22.4 Å². The molecule has 0 aromatic carbocycles. The van der Waals surface area contributed by atoms with Crippen molar-refractivity contribution in [1.29, 1.82) is 0 Å². The van der Waals surface area contributed by atoms with Crippen LogP contribution in [0.5, 0.6) is 0 Å². The third kappa shape index (κ3) is 1.02. The highest BCUT2D eigenvalue weighted by atomic mass is 79.9. The third-order valence-electron chi connectivity index (χ3n) is 2.22. The highest BCUT2D eigenvalue weighted by Crippen LogP contribution is 2.30. The van der Waals surface area contributed by atoms with Crippen LogP contribution in [0.15, 0.2) is 9.13 Å². The molecule has 1 atom stereocenters. The van der Waals surface area contributed by atoms with Crippen LogP contribution in [0.4, 0.5) is 0 Å². The number of carbonyl (C=O) groups is 1. The zero-order valence-corrected chi connectivity index (χ0v) is 8.22. The average Bonchev–Trinajstić information content (AvgIpc) is 2.41. The SMILES string of the molecule is CC1CCc2onc(Br)c2C1=O. The van der Waals surface area contributed by atoms with E-state index in [1.165, 1.54) is 0 Å². The van der Waals surface area contributed by atoms with E-state index in [2.05, 4.69) is 21.1 Å². The van der Waals surface area contributed by atoms with E-state index in [4.69, 9.17) is 4.52 Å². The van der Waals surface area contributed by atoms with Gasteiger partial charge in [0.15, 0.2) is 10.4 Å². The van der Waals surface area contributed by atoms with Crippen LogP contribution < -0.4 is 0 Å². The Morgan fingerprint density at radius 3 is 3.17 bits per heavy atom. The summed E-state index contributed by atoms with van der Waals surface area (Å²) in [6.07, 6.45) is 1.69. The van der Waals surface area contributed by atoms with Crippen LogP contribution in [-0.4, -0.2) is 10.9 Å². The fourth-order valence-electron chi connectivity index (χ4n) is 1.44. The predicted molar refractivity (Wildman–Crippen MR) is 46.0 cm³/mol. The summed E-state index contributed by atoms with van der Waals surface area (Å²) >= 11 is 3.19. The van der Waals surface area contributed by atoms with Crippen molar-refractivity contribution < 1.29 is 9.32 Å². The van der Waals surface area contributed by atoms with Crippen LogP contribution in [0.2, 0.25) is 0 Å². The molecule has 1 aromatic rings. The van der Waals surface area contributed by atoms with Gasteiger partial charge >= 0.3 is 0 Å². The molecule has 0 amide bonds. The van der Waals surface area contributed by atoms with E-state index in [1.54, 1.807) is 0 Å². The summed E-state index contributed by atoms with van der Waals surface area (Å²) in [5, 5.41) is 3.70. The maximum Gasteiger partial charge on any atom is 0.172 e. The molecule has 0 radical (unpaired) electrons. The summed E-state index contributed by atoms with van der Waals surface area (Å²) in [6.45, 7) is 1.94. The lowest BCUT2D eigenvalue weighted by atomic mass is 9.88. The molecule has 1 aliphatic rings. The molecule has 64 valence electrons. The van der Waals surface area contributed by atoms with Crippen LogP contribution >= 0.6 is 15.9 Å². The predicted octanol–water partition coefficient (Wildman–Crippen LogP) is 2.20.